The van der Waals surface area contributed by atoms with Crippen molar-refractivity contribution in [3.8, 4) is 0 Å². The predicted molar refractivity (Wildman–Crippen MR) is 34.0 cm³/mol. The highest BCUT2D eigenvalue weighted by Crippen LogP contribution is 2.12. The molecule has 2 rings (SSSR count). The van der Waals surface area contributed by atoms with E-state index in [1.807, 2.05) is 0 Å². The summed E-state index contributed by atoms with van der Waals surface area (Å²) in [5, 5.41) is 0.694. The van der Waals surface area contributed by atoms with Gasteiger partial charge in [0.05, 0.1) is 12.5 Å². The average Bonchev–Trinajstić information content (AvgIpc) is 2.33. The zero-order chi connectivity index (χ0) is 6.97. The molecule has 2 aromatic heterocycles. The second-order valence-electron chi connectivity index (χ2n) is 1.97. The molecule has 2 heterocycles. The molecule has 3 heteroatoms. The Kier molecular flexibility index (Phi) is 0.974. The first-order valence-corrected chi connectivity index (χ1v) is 2.85. The van der Waals surface area contributed by atoms with E-state index in [0.29, 0.717) is 11.1 Å². The van der Waals surface area contributed by atoms with Gasteiger partial charge in [0.1, 0.15) is 5.82 Å². The van der Waals surface area contributed by atoms with Gasteiger partial charge in [-0.05, 0) is 12.1 Å². The minimum Gasteiger partial charge on any atom is -0.446 e. The molecule has 0 aromatic carbocycles. The molecule has 0 N–H and O–H groups in total. The van der Waals surface area contributed by atoms with Crippen molar-refractivity contribution >= 4 is 11.1 Å². The molecule has 0 unspecified atom stereocenters. The lowest BCUT2D eigenvalue weighted by atomic mass is 10.3. The summed E-state index contributed by atoms with van der Waals surface area (Å²) in [4.78, 5) is 3.70. The van der Waals surface area contributed by atoms with Gasteiger partial charge in [-0.2, -0.15) is 0 Å². The molecule has 2 nitrogen and oxygen atoms in total. The minimum atomic E-state index is -0.339. The number of nitrogens with zero attached hydrogens (tertiary/aromatic N) is 1. The Labute approximate surface area is 56.3 Å². The minimum absolute atomic E-state index is 0.339. The zero-order valence-corrected chi connectivity index (χ0v) is 5.04. The molecule has 0 amide bonds. The van der Waals surface area contributed by atoms with Crippen LogP contribution in [0.5, 0.6) is 0 Å². The summed E-state index contributed by atoms with van der Waals surface area (Å²) in [6.45, 7) is 0. The summed E-state index contributed by atoms with van der Waals surface area (Å²) in [6, 6.07) is 3.05. The standard InChI is InChI=1S/C7H4FNO/c8-6-3-5-1-2-10-7(5)9-4-6/h1-4H. The highest BCUT2D eigenvalue weighted by Gasteiger charge is 1.97. The number of fused-ring (bicyclic) bond motifs is 1. The highest BCUT2D eigenvalue weighted by atomic mass is 19.1. The number of hydrogen-bond acceptors (Lipinski definition) is 2. The number of furan rings is 1. The van der Waals surface area contributed by atoms with Gasteiger partial charge >= 0.3 is 0 Å². The molecule has 0 saturated heterocycles. The molecule has 10 heavy (non-hydrogen) atoms. The normalized spacial score (nSPS) is 10.5. The van der Waals surface area contributed by atoms with Crippen LogP contribution in [-0.2, 0) is 0 Å². The van der Waals surface area contributed by atoms with Crippen molar-refractivity contribution in [1.29, 1.82) is 0 Å². The number of aromatic nitrogens is 1. The monoisotopic (exact) mass is 137 g/mol. The third-order valence-corrected chi connectivity index (χ3v) is 1.27. The largest absolute Gasteiger partial charge is 0.446 e. The Hall–Kier alpha value is -1.38. The van der Waals surface area contributed by atoms with Crippen molar-refractivity contribution in [2.75, 3.05) is 0 Å². The van der Waals surface area contributed by atoms with Crippen molar-refractivity contribution in [3.05, 3.63) is 30.4 Å². The number of hydrogen-bond donors (Lipinski definition) is 0. The molecule has 0 spiro atoms. The van der Waals surface area contributed by atoms with Gasteiger partial charge in [0.25, 0.3) is 0 Å². The third-order valence-electron chi connectivity index (χ3n) is 1.27. The Bertz CT molecular complexity index is 355. The average molecular weight is 137 g/mol. The van der Waals surface area contributed by atoms with E-state index in [9.17, 15) is 4.39 Å². The molecule has 0 fully saturated rings. The summed E-state index contributed by atoms with van der Waals surface area (Å²) < 4.78 is 17.3. The highest BCUT2D eigenvalue weighted by molar-refractivity contribution is 5.72. The van der Waals surface area contributed by atoms with Gasteiger partial charge in [-0.3, -0.25) is 0 Å². The Balaban J connectivity index is 2.86. The molecule has 0 aliphatic rings. The molecule has 2 aromatic rings. The maximum atomic E-state index is 12.4. The fourth-order valence-corrected chi connectivity index (χ4v) is 0.832. The van der Waals surface area contributed by atoms with Crippen LogP contribution >= 0.6 is 0 Å². The molecular weight excluding hydrogens is 133 g/mol. The van der Waals surface area contributed by atoms with E-state index in [1.54, 1.807) is 6.07 Å². The van der Waals surface area contributed by atoms with Crippen LogP contribution in [0.1, 0.15) is 0 Å². The van der Waals surface area contributed by atoms with E-state index in [2.05, 4.69) is 4.98 Å². The molecule has 0 aliphatic carbocycles. The lowest BCUT2D eigenvalue weighted by Crippen LogP contribution is -1.75. The van der Waals surface area contributed by atoms with Gasteiger partial charge in [0.15, 0.2) is 0 Å². The lowest BCUT2D eigenvalue weighted by Gasteiger charge is -1.85. The van der Waals surface area contributed by atoms with Crippen LogP contribution in [0, 0.1) is 5.82 Å². The second kappa shape index (κ2) is 1.80. The quantitative estimate of drug-likeness (QED) is 0.554. The van der Waals surface area contributed by atoms with Crippen LogP contribution in [0.2, 0.25) is 0 Å². The Morgan fingerprint density at radius 2 is 2.40 bits per heavy atom. The van der Waals surface area contributed by atoms with E-state index in [-0.39, 0.29) is 5.82 Å². The van der Waals surface area contributed by atoms with Crippen molar-refractivity contribution in [3.63, 3.8) is 0 Å². The Morgan fingerprint density at radius 3 is 3.30 bits per heavy atom. The smallest absolute Gasteiger partial charge is 0.225 e. The van der Waals surface area contributed by atoms with Gasteiger partial charge in [0.2, 0.25) is 5.71 Å². The SMILES string of the molecule is Fc1cnc2occc2c1. The van der Waals surface area contributed by atoms with Crippen LogP contribution < -0.4 is 0 Å². The van der Waals surface area contributed by atoms with Crippen molar-refractivity contribution in [1.82, 2.24) is 4.98 Å². The topological polar surface area (TPSA) is 26.0 Å². The van der Waals surface area contributed by atoms with Crippen LogP contribution in [0.25, 0.3) is 11.1 Å². The van der Waals surface area contributed by atoms with Gasteiger partial charge in [0, 0.05) is 5.39 Å². The zero-order valence-electron chi connectivity index (χ0n) is 5.04. The van der Waals surface area contributed by atoms with E-state index in [0.717, 1.165) is 6.20 Å². The van der Waals surface area contributed by atoms with Gasteiger partial charge in [-0.15, -0.1) is 0 Å². The molecule has 0 atom stereocenters. The van der Waals surface area contributed by atoms with Gasteiger partial charge in [-0.25, -0.2) is 9.37 Å². The van der Waals surface area contributed by atoms with Crippen LogP contribution in [0.4, 0.5) is 4.39 Å². The molecule has 50 valence electrons. The summed E-state index contributed by atoms with van der Waals surface area (Å²) in [5.41, 5.74) is 0.474. The van der Waals surface area contributed by atoms with Crippen LogP contribution in [0.15, 0.2) is 29.0 Å². The first-order valence-electron chi connectivity index (χ1n) is 2.85. The molecule has 0 bridgehead atoms. The lowest BCUT2D eigenvalue weighted by molar-refractivity contribution is 0.592. The van der Waals surface area contributed by atoms with Gasteiger partial charge in [-0.1, -0.05) is 0 Å². The number of halogens is 1. The summed E-state index contributed by atoms with van der Waals surface area (Å²) in [6.07, 6.45) is 2.61. The maximum Gasteiger partial charge on any atom is 0.225 e. The van der Waals surface area contributed by atoms with E-state index in [4.69, 9.17) is 4.42 Å². The van der Waals surface area contributed by atoms with Crippen LogP contribution in [-0.4, -0.2) is 4.98 Å². The second-order valence-corrected chi connectivity index (χ2v) is 1.97. The van der Waals surface area contributed by atoms with Crippen LogP contribution in [0.3, 0.4) is 0 Å². The third kappa shape index (κ3) is 0.673. The fraction of sp³-hybridized carbons (Fsp3) is 0. The van der Waals surface area contributed by atoms with Crippen molar-refractivity contribution < 1.29 is 8.81 Å². The summed E-state index contributed by atoms with van der Waals surface area (Å²) >= 11 is 0. The van der Waals surface area contributed by atoms with Crippen molar-refractivity contribution in [2.24, 2.45) is 0 Å². The Morgan fingerprint density at radius 1 is 1.50 bits per heavy atom. The molecule has 0 radical (unpaired) electrons. The number of pyridine rings is 1. The first kappa shape index (κ1) is 5.41. The fourth-order valence-electron chi connectivity index (χ4n) is 0.832. The summed E-state index contributed by atoms with van der Waals surface area (Å²) in [5.74, 6) is -0.339. The predicted octanol–water partition coefficient (Wildman–Crippen LogP) is 1.97. The molecule has 0 aliphatic heterocycles. The summed E-state index contributed by atoms with van der Waals surface area (Å²) in [7, 11) is 0. The molecular formula is C7H4FNO. The van der Waals surface area contributed by atoms with Crippen molar-refractivity contribution in [2.45, 2.75) is 0 Å². The first-order chi connectivity index (χ1) is 4.86. The molecule has 0 saturated carbocycles. The van der Waals surface area contributed by atoms with E-state index >= 15 is 0 Å². The number of rotatable bonds is 0. The van der Waals surface area contributed by atoms with E-state index in [1.165, 1.54) is 12.3 Å². The maximum absolute atomic E-state index is 12.4. The van der Waals surface area contributed by atoms with E-state index < -0.39 is 0 Å². The van der Waals surface area contributed by atoms with Gasteiger partial charge < -0.3 is 4.42 Å².